The van der Waals surface area contributed by atoms with Crippen LogP contribution in [-0.2, 0) is 6.42 Å². The molecule has 1 aliphatic heterocycles. The average Bonchev–Trinajstić information content (AvgIpc) is 3.31. The van der Waals surface area contributed by atoms with Crippen molar-refractivity contribution in [1.82, 2.24) is 10.3 Å². The summed E-state index contributed by atoms with van der Waals surface area (Å²) >= 11 is 0. The Morgan fingerprint density at radius 2 is 2.08 bits per heavy atom. The molecule has 6 heteroatoms. The van der Waals surface area contributed by atoms with E-state index in [1.807, 2.05) is 18.2 Å². The van der Waals surface area contributed by atoms with E-state index in [0.29, 0.717) is 18.2 Å². The summed E-state index contributed by atoms with van der Waals surface area (Å²) in [5.74, 6) is -0.0472. The molecule has 0 unspecified atom stereocenters. The lowest BCUT2D eigenvalue weighted by molar-refractivity contribution is 0.0989. The van der Waals surface area contributed by atoms with Gasteiger partial charge in [-0.2, -0.15) is 0 Å². The number of hydrogen-bond acceptors (Lipinski definition) is 3. The van der Waals surface area contributed by atoms with Crippen molar-refractivity contribution < 1.29 is 9.59 Å². The maximum Gasteiger partial charge on any atom is 0.319 e. The molecule has 0 spiro atoms. The molecule has 2 heterocycles. The summed E-state index contributed by atoms with van der Waals surface area (Å²) in [6.07, 6.45) is 6.13. The van der Waals surface area contributed by atoms with Gasteiger partial charge in [0.25, 0.3) is 5.91 Å². The highest BCUT2D eigenvalue weighted by Crippen LogP contribution is 2.31. The Morgan fingerprint density at radius 1 is 1.21 bits per heavy atom. The predicted octanol–water partition coefficient (Wildman–Crippen LogP) is 2.57. The van der Waals surface area contributed by atoms with Crippen molar-refractivity contribution in [1.29, 1.82) is 0 Å². The van der Waals surface area contributed by atoms with Crippen molar-refractivity contribution in [2.45, 2.75) is 25.3 Å². The third kappa shape index (κ3) is 2.95. The molecule has 0 atom stereocenters. The van der Waals surface area contributed by atoms with Gasteiger partial charge in [-0.25, -0.2) is 4.79 Å². The average molecular weight is 322 g/mol. The van der Waals surface area contributed by atoms with E-state index >= 15 is 0 Å². The molecule has 1 aromatic heterocycles. The van der Waals surface area contributed by atoms with E-state index in [9.17, 15) is 9.59 Å². The number of pyridine rings is 1. The SMILES string of the molecule is O=C(Nc1ccc2c(c1)CCN2C(=O)c1cccnc1)NC1CC1. The molecule has 0 saturated heterocycles. The minimum atomic E-state index is -0.168. The number of benzene rings is 1. The first-order valence-corrected chi connectivity index (χ1v) is 8.13. The summed E-state index contributed by atoms with van der Waals surface area (Å²) in [5, 5.41) is 5.75. The summed E-state index contributed by atoms with van der Waals surface area (Å²) in [6.45, 7) is 0.640. The summed E-state index contributed by atoms with van der Waals surface area (Å²) in [6, 6.07) is 9.36. The van der Waals surface area contributed by atoms with E-state index in [4.69, 9.17) is 0 Å². The number of nitrogens with zero attached hydrogens (tertiary/aromatic N) is 2. The van der Waals surface area contributed by atoms with Crippen molar-refractivity contribution >= 4 is 23.3 Å². The number of rotatable bonds is 3. The second-order valence-electron chi connectivity index (χ2n) is 6.16. The normalized spacial score (nSPS) is 15.8. The van der Waals surface area contributed by atoms with Crippen LogP contribution in [0.2, 0.25) is 0 Å². The van der Waals surface area contributed by atoms with Gasteiger partial charge < -0.3 is 15.5 Å². The standard InChI is InChI=1S/C18H18N4O2/c23-17(13-2-1-8-19-11-13)22-9-7-12-10-15(5-6-16(12)22)21-18(24)20-14-3-4-14/h1-2,5-6,8,10-11,14H,3-4,7,9H2,(H2,20,21,24). The lowest BCUT2D eigenvalue weighted by Crippen LogP contribution is -2.30. The number of nitrogens with one attached hydrogen (secondary N) is 2. The molecule has 1 aromatic carbocycles. The van der Waals surface area contributed by atoms with Gasteiger partial charge in [0.2, 0.25) is 0 Å². The molecule has 0 bridgehead atoms. The number of carbonyl (C=O) groups excluding carboxylic acids is 2. The van der Waals surface area contributed by atoms with E-state index in [0.717, 1.165) is 36.2 Å². The molecule has 1 fully saturated rings. The Hall–Kier alpha value is -2.89. The number of anilines is 2. The molecular formula is C18H18N4O2. The maximum absolute atomic E-state index is 12.6. The van der Waals surface area contributed by atoms with Gasteiger partial charge in [0, 0.05) is 36.4 Å². The van der Waals surface area contributed by atoms with E-state index in [1.54, 1.807) is 29.4 Å². The molecule has 2 aromatic rings. The highest BCUT2D eigenvalue weighted by molar-refractivity contribution is 6.07. The van der Waals surface area contributed by atoms with Crippen LogP contribution in [0.25, 0.3) is 0 Å². The second-order valence-corrected chi connectivity index (χ2v) is 6.16. The number of hydrogen-bond donors (Lipinski definition) is 2. The molecule has 1 aliphatic carbocycles. The Balaban J connectivity index is 1.50. The number of fused-ring (bicyclic) bond motifs is 1. The second kappa shape index (κ2) is 5.96. The van der Waals surface area contributed by atoms with Gasteiger partial charge in [-0.05, 0) is 55.2 Å². The fraction of sp³-hybridized carbons (Fsp3) is 0.278. The van der Waals surface area contributed by atoms with Gasteiger partial charge in [-0.15, -0.1) is 0 Å². The quantitative estimate of drug-likeness (QED) is 0.912. The van der Waals surface area contributed by atoms with Crippen LogP contribution in [0.1, 0.15) is 28.8 Å². The molecule has 2 N–H and O–H groups in total. The Labute approximate surface area is 139 Å². The topological polar surface area (TPSA) is 74.3 Å². The van der Waals surface area contributed by atoms with E-state index in [-0.39, 0.29) is 11.9 Å². The summed E-state index contributed by atoms with van der Waals surface area (Å²) in [7, 11) is 0. The van der Waals surface area contributed by atoms with Crippen LogP contribution in [0.5, 0.6) is 0 Å². The van der Waals surface area contributed by atoms with Crippen LogP contribution in [0, 0.1) is 0 Å². The molecule has 1 saturated carbocycles. The van der Waals surface area contributed by atoms with Crippen molar-refractivity contribution in [3.05, 3.63) is 53.9 Å². The first kappa shape index (κ1) is 14.7. The van der Waals surface area contributed by atoms with Crippen LogP contribution in [0.15, 0.2) is 42.7 Å². The predicted molar refractivity (Wildman–Crippen MR) is 91.2 cm³/mol. The van der Waals surface area contributed by atoms with Gasteiger partial charge in [0.15, 0.2) is 0 Å². The van der Waals surface area contributed by atoms with E-state index < -0.39 is 0 Å². The number of aromatic nitrogens is 1. The van der Waals surface area contributed by atoms with Crippen molar-refractivity contribution in [2.75, 3.05) is 16.8 Å². The van der Waals surface area contributed by atoms with Crippen molar-refractivity contribution in [2.24, 2.45) is 0 Å². The molecular weight excluding hydrogens is 304 g/mol. The number of urea groups is 1. The largest absolute Gasteiger partial charge is 0.335 e. The first-order valence-electron chi connectivity index (χ1n) is 8.13. The van der Waals surface area contributed by atoms with Crippen molar-refractivity contribution in [3.8, 4) is 0 Å². The van der Waals surface area contributed by atoms with Gasteiger partial charge in [0.05, 0.1) is 5.56 Å². The van der Waals surface area contributed by atoms with E-state index in [1.165, 1.54) is 0 Å². The zero-order valence-electron chi connectivity index (χ0n) is 13.2. The zero-order chi connectivity index (χ0) is 16.5. The smallest absolute Gasteiger partial charge is 0.319 e. The van der Waals surface area contributed by atoms with Gasteiger partial charge in [-0.1, -0.05) is 0 Å². The van der Waals surface area contributed by atoms with Crippen LogP contribution in [0.4, 0.5) is 16.2 Å². The minimum Gasteiger partial charge on any atom is -0.335 e. The van der Waals surface area contributed by atoms with Gasteiger partial charge in [-0.3, -0.25) is 9.78 Å². The third-order valence-corrected chi connectivity index (χ3v) is 4.30. The molecule has 6 nitrogen and oxygen atoms in total. The number of amides is 3. The molecule has 122 valence electrons. The Kier molecular flexibility index (Phi) is 3.65. The van der Waals surface area contributed by atoms with Crippen LogP contribution in [0.3, 0.4) is 0 Å². The lowest BCUT2D eigenvalue weighted by Gasteiger charge is -2.17. The van der Waals surface area contributed by atoms with E-state index in [2.05, 4.69) is 15.6 Å². The zero-order valence-corrected chi connectivity index (χ0v) is 13.2. The van der Waals surface area contributed by atoms with Crippen LogP contribution in [-0.4, -0.2) is 29.5 Å². The van der Waals surface area contributed by atoms with Crippen LogP contribution < -0.4 is 15.5 Å². The van der Waals surface area contributed by atoms with Crippen LogP contribution >= 0.6 is 0 Å². The highest BCUT2D eigenvalue weighted by atomic mass is 16.2. The summed E-state index contributed by atoms with van der Waals surface area (Å²) < 4.78 is 0. The first-order chi connectivity index (χ1) is 11.7. The molecule has 3 amide bonds. The molecule has 4 rings (SSSR count). The monoisotopic (exact) mass is 322 g/mol. The van der Waals surface area contributed by atoms with Gasteiger partial charge >= 0.3 is 6.03 Å². The maximum atomic E-state index is 12.6. The fourth-order valence-electron chi connectivity index (χ4n) is 2.92. The summed E-state index contributed by atoms with van der Waals surface area (Å²) in [5.41, 5.74) is 3.30. The molecule has 24 heavy (non-hydrogen) atoms. The van der Waals surface area contributed by atoms with Gasteiger partial charge in [0.1, 0.15) is 0 Å². The number of carbonyl (C=O) groups is 2. The molecule has 0 radical (unpaired) electrons. The summed E-state index contributed by atoms with van der Waals surface area (Å²) in [4.78, 5) is 30.2. The lowest BCUT2D eigenvalue weighted by atomic mass is 10.1. The Bertz CT molecular complexity index is 787. The molecule has 2 aliphatic rings. The fourth-order valence-corrected chi connectivity index (χ4v) is 2.92. The highest BCUT2D eigenvalue weighted by Gasteiger charge is 2.26. The third-order valence-electron chi connectivity index (χ3n) is 4.30. The minimum absolute atomic E-state index is 0.0472. The Morgan fingerprint density at radius 3 is 2.83 bits per heavy atom. The van der Waals surface area contributed by atoms with Crippen molar-refractivity contribution in [3.63, 3.8) is 0 Å².